The molecular weight excluding hydrogens is 308 g/mol. The molecule has 0 fully saturated rings. The molecule has 0 radical (unpaired) electrons. The van der Waals surface area contributed by atoms with Gasteiger partial charge in [-0.15, -0.1) is 0 Å². The van der Waals surface area contributed by atoms with E-state index in [0.717, 1.165) is 28.7 Å². The molecule has 25 heavy (non-hydrogen) atoms. The predicted octanol–water partition coefficient (Wildman–Crippen LogP) is 7.47. The first-order valence-corrected chi connectivity index (χ1v) is 9.15. The van der Waals surface area contributed by atoms with E-state index in [9.17, 15) is 0 Å². The summed E-state index contributed by atoms with van der Waals surface area (Å²) in [5.41, 5.74) is 1.19. The van der Waals surface area contributed by atoms with E-state index in [1.165, 1.54) is 0 Å². The van der Waals surface area contributed by atoms with Crippen LogP contribution in [0.4, 0.5) is 0 Å². The maximum atomic E-state index is 6.00. The lowest BCUT2D eigenvalue weighted by Crippen LogP contribution is -2.12. The van der Waals surface area contributed by atoms with E-state index < -0.39 is 0 Å². The molecule has 0 N–H and O–H groups in total. The van der Waals surface area contributed by atoms with Gasteiger partial charge in [0, 0.05) is 11.6 Å². The van der Waals surface area contributed by atoms with Crippen molar-refractivity contribution in [1.82, 2.24) is 0 Å². The van der Waals surface area contributed by atoms with E-state index in [2.05, 4.69) is 47.6 Å². The van der Waals surface area contributed by atoms with Crippen LogP contribution in [-0.4, -0.2) is 7.11 Å². The molecule has 2 aromatic rings. The molecule has 0 bridgehead atoms. The van der Waals surface area contributed by atoms with Crippen molar-refractivity contribution in [3.63, 3.8) is 0 Å². The molecule has 140 valence electrons. The second kappa shape index (κ2) is 11.6. The first-order chi connectivity index (χ1) is 11.7. The van der Waals surface area contributed by atoms with Gasteiger partial charge in [0.2, 0.25) is 0 Å². The van der Waals surface area contributed by atoms with Crippen LogP contribution in [0.25, 0.3) is 0 Å². The highest BCUT2D eigenvalue weighted by molar-refractivity contribution is 5.46. The van der Waals surface area contributed by atoms with Gasteiger partial charge in [-0.05, 0) is 29.5 Å². The van der Waals surface area contributed by atoms with Gasteiger partial charge in [0.25, 0.3) is 0 Å². The summed E-state index contributed by atoms with van der Waals surface area (Å²) < 4.78 is 11.3. The third-order valence-electron chi connectivity index (χ3n) is 2.97. The minimum absolute atomic E-state index is 0.0242. The molecule has 0 unspecified atom stereocenters. The molecule has 2 rings (SSSR count). The van der Waals surface area contributed by atoms with Crippen LogP contribution >= 0.6 is 0 Å². The van der Waals surface area contributed by atoms with Gasteiger partial charge in [0.1, 0.15) is 17.2 Å². The lowest BCUT2D eigenvalue weighted by Gasteiger charge is -2.23. The van der Waals surface area contributed by atoms with Crippen LogP contribution in [-0.2, 0) is 5.41 Å². The van der Waals surface area contributed by atoms with Crippen molar-refractivity contribution in [3.8, 4) is 17.2 Å². The largest absolute Gasteiger partial charge is 0.497 e. The number of hydrogen-bond acceptors (Lipinski definition) is 2. The molecular formula is C23H36O2. The second-order valence-electron chi connectivity index (χ2n) is 7.26. The Hall–Kier alpha value is -1.96. The Labute approximate surface area is 155 Å². The van der Waals surface area contributed by atoms with E-state index in [1.807, 2.05) is 56.3 Å². The molecule has 0 atom stereocenters. The van der Waals surface area contributed by atoms with Gasteiger partial charge in [0.05, 0.1) is 7.11 Å². The average Bonchev–Trinajstić information content (AvgIpc) is 2.56. The SMILES string of the molecule is CC.CC(C)C.COc1ccc(C(C)(C)C)c(Oc2ccccc2)c1. The lowest BCUT2D eigenvalue weighted by atomic mass is 9.86. The average molecular weight is 345 g/mol. The van der Waals surface area contributed by atoms with E-state index in [4.69, 9.17) is 9.47 Å². The number of ether oxygens (including phenoxy) is 2. The van der Waals surface area contributed by atoms with E-state index in [-0.39, 0.29) is 5.41 Å². The quantitative estimate of drug-likeness (QED) is 0.574. The van der Waals surface area contributed by atoms with Crippen LogP contribution in [0.5, 0.6) is 17.2 Å². The van der Waals surface area contributed by atoms with Gasteiger partial charge in [-0.25, -0.2) is 0 Å². The summed E-state index contributed by atoms with van der Waals surface area (Å²) in [4.78, 5) is 0. The fourth-order valence-electron chi connectivity index (χ4n) is 1.95. The molecule has 0 amide bonds. The maximum Gasteiger partial charge on any atom is 0.134 e. The summed E-state index contributed by atoms with van der Waals surface area (Å²) in [7, 11) is 1.67. The van der Waals surface area contributed by atoms with Gasteiger partial charge in [-0.3, -0.25) is 0 Å². The summed E-state index contributed by atoms with van der Waals surface area (Å²) in [6, 6.07) is 15.8. The monoisotopic (exact) mass is 344 g/mol. The van der Waals surface area contributed by atoms with Crippen LogP contribution < -0.4 is 9.47 Å². The van der Waals surface area contributed by atoms with Crippen molar-refractivity contribution in [2.45, 2.75) is 60.8 Å². The zero-order chi connectivity index (χ0) is 19.5. The highest BCUT2D eigenvalue weighted by Crippen LogP contribution is 2.36. The Bertz CT molecular complexity index is 578. The molecule has 0 spiro atoms. The molecule has 0 saturated carbocycles. The van der Waals surface area contributed by atoms with Gasteiger partial charge in [-0.1, -0.05) is 79.7 Å². The summed E-state index contributed by atoms with van der Waals surface area (Å²) in [6.07, 6.45) is 0. The number of benzene rings is 2. The van der Waals surface area contributed by atoms with Crippen LogP contribution in [0.3, 0.4) is 0 Å². The van der Waals surface area contributed by atoms with Crippen molar-refractivity contribution in [2.75, 3.05) is 7.11 Å². The predicted molar refractivity (Wildman–Crippen MR) is 110 cm³/mol. The summed E-state index contributed by atoms with van der Waals surface area (Å²) in [5.74, 6) is 3.32. The second-order valence-corrected chi connectivity index (χ2v) is 7.26. The maximum absolute atomic E-state index is 6.00. The van der Waals surface area contributed by atoms with Crippen molar-refractivity contribution < 1.29 is 9.47 Å². The summed E-state index contributed by atoms with van der Waals surface area (Å²) in [5, 5.41) is 0. The zero-order valence-electron chi connectivity index (χ0n) is 17.5. The highest BCUT2D eigenvalue weighted by Gasteiger charge is 2.20. The van der Waals surface area contributed by atoms with Crippen molar-refractivity contribution in [1.29, 1.82) is 0 Å². The Morgan fingerprint density at radius 3 is 1.76 bits per heavy atom. The smallest absolute Gasteiger partial charge is 0.134 e. The minimum atomic E-state index is 0.0242. The number of para-hydroxylation sites is 1. The number of methoxy groups -OCH3 is 1. The topological polar surface area (TPSA) is 18.5 Å². The normalized spacial score (nSPS) is 10.2. The fourth-order valence-corrected chi connectivity index (χ4v) is 1.95. The third-order valence-corrected chi connectivity index (χ3v) is 2.97. The van der Waals surface area contributed by atoms with Crippen molar-refractivity contribution in [2.24, 2.45) is 5.92 Å². The van der Waals surface area contributed by atoms with Gasteiger partial charge < -0.3 is 9.47 Å². The van der Waals surface area contributed by atoms with Gasteiger partial charge >= 0.3 is 0 Å². The molecule has 0 aliphatic rings. The Kier molecular flexibility index (Phi) is 10.7. The first kappa shape index (κ1) is 23.0. The molecule has 0 aliphatic carbocycles. The Morgan fingerprint density at radius 1 is 0.800 bits per heavy atom. The Morgan fingerprint density at radius 2 is 1.32 bits per heavy atom. The number of rotatable bonds is 3. The fraction of sp³-hybridized carbons (Fsp3) is 0.478. The first-order valence-electron chi connectivity index (χ1n) is 9.15. The molecule has 2 nitrogen and oxygen atoms in total. The Balaban J connectivity index is 0.000000845. The van der Waals surface area contributed by atoms with Crippen LogP contribution in [0.15, 0.2) is 48.5 Å². The van der Waals surface area contributed by atoms with E-state index in [0.29, 0.717) is 0 Å². The molecule has 2 heteroatoms. The van der Waals surface area contributed by atoms with Crippen LogP contribution in [0.2, 0.25) is 0 Å². The molecule has 2 aromatic carbocycles. The van der Waals surface area contributed by atoms with Crippen LogP contribution in [0, 0.1) is 5.92 Å². The third kappa shape index (κ3) is 9.19. The van der Waals surface area contributed by atoms with Crippen LogP contribution in [0.1, 0.15) is 61.0 Å². The van der Waals surface area contributed by atoms with Gasteiger partial charge in [0.15, 0.2) is 0 Å². The molecule has 0 heterocycles. The lowest BCUT2D eigenvalue weighted by molar-refractivity contribution is 0.405. The number of hydrogen-bond donors (Lipinski definition) is 0. The molecule has 0 aliphatic heterocycles. The molecule has 0 saturated heterocycles. The van der Waals surface area contributed by atoms with Gasteiger partial charge in [-0.2, -0.15) is 0 Å². The minimum Gasteiger partial charge on any atom is -0.497 e. The van der Waals surface area contributed by atoms with E-state index >= 15 is 0 Å². The highest BCUT2D eigenvalue weighted by atomic mass is 16.5. The van der Waals surface area contributed by atoms with Crippen molar-refractivity contribution in [3.05, 3.63) is 54.1 Å². The summed E-state index contributed by atoms with van der Waals surface area (Å²) in [6.45, 7) is 17.0. The van der Waals surface area contributed by atoms with Crippen molar-refractivity contribution >= 4 is 0 Å². The standard InChI is InChI=1S/C17H20O2.C4H10.C2H6/c1-17(2,3)15-11-10-14(18-4)12-16(15)19-13-8-6-5-7-9-13;1-4(2)3;1-2/h5-12H,1-4H3;4H,1-3H3;1-2H3. The van der Waals surface area contributed by atoms with E-state index in [1.54, 1.807) is 7.11 Å². The summed E-state index contributed by atoms with van der Waals surface area (Å²) >= 11 is 0. The molecule has 0 aromatic heterocycles. The zero-order valence-corrected chi connectivity index (χ0v) is 17.5.